The van der Waals surface area contributed by atoms with Crippen LogP contribution < -0.4 is 9.62 Å². The minimum atomic E-state index is -3.61. The Morgan fingerprint density at radius 1 is 1.13 bits per heavy atom. The van der Waals surface area contributed by atoms with Gasteiger partial charge in [0.15, 0.2) is 5.65 Å². The second-order valence-corrected chi connectivity index (χ2v) is 12.5. The van der Waals surface area contributed by atoms with Crippen LogP contribution in [0.15, 0.2) is 30.3 Å². The number of alkyl halides is 1. The fourth-order valence-electron chi connectivity index (χ4n) is 5.35. The van der Waals surface area contributed by atoms with Gasteiger partial charge in [-0.3, -0.25) is 13.9 Å². The molecule has 0 aliphatic carbocycles. The van der Waals surface area contributed by atoms with E-state index in [1.807, 2.05) is 6.07 Å². The first-order valence-electron chi connectivity index (χ1n) is 12.6. The van der Waals surface area contributed by atoms with Gasteiger partial charge in [-0.25, -0.2) is 13.4 Å². The van der Waals surface area contributed by atoms with E-state index in [1.54, 1.807) is 15.5 Å². The van der Waals surface area contributed by atoms with Crippen molar-refractivity contribution in [2.45, 2.75) is 38.1 Å². The van der Waals surface area contributed by atoms with E-state index in [9.17, 15) is 17.6 Å². The summed E-state index contributed by atoms with van der Waals surface area (Å²) in [6, 6.07) is 7.72. The minimum absolute atomic E-state index is 0.0420. The fraction of sp³-hybridized carbons (Fsp3) is 0.480. The zero-order chi connectivity index (χ0) is 27.0. The third-order valence-electron chi connectivity index (χ3n) is 7.07. The van der Waals surface area contributed by atoms with E-state index in [0.29, 0.717) is 41.0 Å². The monoisotopic (exact) mass is 582 g/mol. The normalized spacial score (nSPS) is 20.6. The predicted octanol–water partition coefficient (Wildman–Crippen LogP) is 4.96. The second-order valence-electron chi connectivity index (χ2n) is 9.96. The first kappa shape index (κ1) is 27.0. The number of aromatic nitrogens is 3. The number of nitrogens with zero attached hydrogens (tertiary/aromatic N) is 5. The van der Waals surface area contributed by atoms with Gasteiger partial charge in [-0.1, -0.05) is 23.2 Å². The van der Waals surface area contributed by atoms with Gasteiger partial charge in [-0.05, 0) is 50.3 Å². The van der Waals surface area contributed by atoms with Gasteiger partial charge >= 0.3 is 0 Å². The number of anilines is 2. The SMILES string of the molecule is CS(=O)(=O)Nc1ccc(Cl)cc1C(=O)N1CCCC[C@H]1c1cc2nc(Cl)cc(N3CCC[C@@H](CF)C3)n2n1. The number of fused-ring (bicyclic) bond motifs is 1. The van der Waals surface area contributed by atoms with Crippen LogP contribution in [0.3, 0.4) is 0 Å². The molecule has 0 unspecified atom stereocenters. The van der Waals surface area contributed by atoms with Crippen LogP contribution in [0.5, 0.6) is 0 Å². The number of carbonyl (C=O) groups is 1. The van der Waals surface area contributed by atoms with Crippen molar-refractivity contribution in [2.24, 2.45) is 5.92 Å². The van der Waals surface area contributed by atoms with Crippen LogP contribution in [0.25, 0.3) is 5.65 Å². The van der Waals surface area contributed by atoms with Gasteiger partial charge < -0.3 is 9.80 Å². The highest BCUT2D eigenvalue weighted by atomic mass is 35.5. The smallest absolute Gasteiger partial charge is 0.256 e. The average molecular weight is 584 g/mol. The van der Waals surface area contributed by atoms with E-state index in [-0.39, 0.29) is 35.8 Å². The molecular weight excluding hydrogens is 554 g/mol. The van der Waals surface area contributed by atoms with E-state index in [4.69, 9.17) is 28.3 Å². The first-order valence-corrected chi connectivity index (χ1v) is 15.2. The summed E-state index contributed by atoms with van der Waals surface area (Å²) in [5.74, 6) is 0.362. The number of nitrogens with one attached hydrogen (secondary N) is 1. The molecule has 2 aromatic heterocycles. The van der Waals surface area contributed by atoms with Crippen LogP contribution >= 0.6 is 23.2 Å². The number of sulfonamides is 1. The van der Waals surface area contributed by atoms with E-state index < -0.39 is 10.0 Å². The summed E-state index contributed by atoms with van der Waals surface area (Å²) in [6.45, 7) is 1.44. The summed E-state index contributed by atoms with van der Waals surface area (Å²) < 4.78 is 41.4. The van der Waals surface area contributed by atoms with Crippen LogP contribution in [0.4, 0.5) is 15.9 Å². The lowest BCUT2D eigenvalue weighted by molar-refractivity contribution is 0.0607. The van der Waals surface area contributed by atoms with Crippen molar-refractivity contribution in [1.82, 2.24) is 19.5 Å². The van der Waals surface area contributed by atoms with E-state index in [0.717, 1.165) is 44.3 Å². The maximum absolute atomic E-state index is 13.8. The largest absolute Gasteiger partial charge is 0.356 e. The molecule has 2 saturated heterocycles. The summed E-state index contributed by atoms with van der Waals surface area (Å²) in [5, 5.41) is 5.50. The number of halogens is 3. The Hall–Kier alpha value is -2.63. The molecule has 5 rings (SSSR count). The van der Waals surface area contributed by atoms with E-state index in [2.05, 4.69) is 14.6 Å². The Bertz CT molecular complexity index is 1470. The maximum atomic E-state index is 13.8. The van der Waals surface area contributed by atoms with Crippen molar-refractivity contribution in [1.29, 1.82) is 0 Å². The van der Waals surface area contributed by atoms with Gasteiger partial charge in [0.05, 0.1) is 35.9 Å². The van der Waals surface area contributed by atoms with Crippen molar-refractivity contribution in [3.05, 3.63) is 51.8 Å². The fourth-order valence-corrected chi connectivity index (χ4v) is 6.29. The third kappa shape index (κ3) is 5.69. The Morgan fingerprint density at radius 2 is 1.95 bits per heavy atom. The Morgan fingerprint density at radius 3 is 2.71 bits per heavy atom. The summed E-state index contributed by atoms with van der Waals surface area (Å²) >= 11 is 12.6. The molecule has 38 heavy (non-hydrogen) atoms. The molecule has 2 aliphatic heterocycles. The number of likely N-dealkylation sites (tertiary alicyclic amines) is 1. The molecule has 4 heterocycles. The van der Waals surface area contributed by atoms with Crippen LogP contribution in [-0.2, 0) is 10.0 Å². The zero-order valence-electron chi connectivity index (χ0n) is 20.9. The molecule has 0 spiro atoms. The van der Waals surface area contributed by atoms with Crippen molar-refractivity contribution < 1.29 is 17.6 Å². The Labute approximate surface area is 231 Å². The van der Waals surface area contributed by atoms with Crippen molar-refractivity contribution in [3.63, 3.8) is 0 Å². The van der Waals surface area contributed by atoms with Gasteiger partial charge in [-0.15, -0.1) is 0 Å². The Balaban J connectivity index is 1.51. The lowest BCUT2D eigenvalue weighted by Crippen LogP contribution is -2.39. The van der Waals surface area contributed by atoms with Crippen molar-refractivity contribution >= 4 is 56.3 Å². The second kappa shape index (κ2) is 10.9. The average Bonchev–Trinajstić information content (AvgIpc) is 3.32. The van der Waals surface area contributed by atoms with Crippen LogP contribution in [0.2, 0.25) is 10.2 Å². The maximum Gasteiger partial charge on any atom is 0.256 e. The highest BCUT2D eigenvalue weighted by Gasteiger charge is 2.33. The molecular formula is C25H29Cl2FN6O3S. The number of piperidine rings is 2. The van der Waals surface area contributed by atoms with Crippen molar-refractivity contribution in [3.8, 4) is 0 Å². The quantitative estimate of drug-likeness (QED) is 0.412. The molecule has 0 radical (unpaired) electrons. The number of carbonyl (C=O) groups excluding carboxylic acids is 1. The molecule has 13 heteroatoms. The molecule has 0 bridgehead atoms. The number of rotatable bonds is 6. The number of amides is 1. The summed E-state index contributed by atoms with van der Waals surface area (Å²) in [7, 11) is -3.61. The van der Waals surface area contributed by atoms with Crippen LogP contribution in [0, 0.1) is 5.92 Å². The van der Waals surface area contributed by atoms with Gasteiger partial charge in [0.25, 0.3) is 5.91 Å². The number of hydrogen-bond donors (Lipinski definition) is 1. The topological polar surface area (TPSA) is 99.9 Å². The lowest BCUT2D eigenvalue weighted by atomic mass is 9.98. The predicted molar refractivity (Wildman–Crippen MR) is 146 cm³/mol. The number of benzene rings is 1. The van der Waals surface area contributed by atoms with Crippen LogP contribution in [0.1, 0.15) is 54.2 Å². The molecule has 2 atom stereocenters. The molecule has 3 aromatic rings. The molecule has 1 aromatic carbocycles. The summed E-state index contributed by atoms with van der Waals surface area (Å²) in [5.41, 5.74) is 1.55. The van der Waals surface area contributed by atoms with Crippen LogP contribution in [-0.4, -0.2) is 66.4 Å². The lowest BCUT2D eigenvalue weighted by Gasteiger charge is -2.35. The standard InChI is InChI=1S/C25H29Cl2FN6O3S/c1-38(36,37)31-19-8-7-17(26)11-18(19)25(35)33-10-3-2-6-21(33)20-12-23-29-22(27)13-24(34(23)30-20)32-9-4-5-16(14-28)15-32/h7-8,11-13,16,21,31H,2-6,9-10,14-15H2,1H3/t16-,21-/m0/s1. The van der Waals surface area contributed by atoms with E-state index in [1.165, 1.54) is 18.2 Å². The van der Waals surface area contributed by atoms with E-state index >= 15 is 0 Å². The molecule has 204 valence electrons. The van der Waals surface area contributed by atoms with Gasteiger partial charge in [0, 0.05) is 42.7 Å². The van der Waals surface area contributed by atoms with Gasteiger partial charge in [0.2, 0.25) is 10.0 Å². The first-order chi connectivity index (χ1) is 18.1. The zero-order valence-corrected chi connectivity index (χ0v) is 23.2. The molecule has 2 fully saturated rings. The third-order valence-corrected chi connectivity index (χ3v) is 8.09. The highest BCUT2D eigenvalue weighted by molar-refractivity contribution is 7.92. The van der Waals surface area contributed by atoms with Gasteiger partial charge in [0.1, 0.15) is 11.0 Å². The minimum Gasteiger partial charge on any atom is -0.356 e. The van der Waals surface area contributed by atoms with Gasteiger partial charge in [-0.2, -0.15) is 9.61 Å². The number of hydrogen-bond acceptors (Lipinski definition) is 6. The molecule has 9 nitrogen and oxygen atoms in total. The molecule has 1 amide bonds. The summed E-state index contributed by atoms with van der Waals surface area (Å²) in [4.78, 5) is 22.1. The highest BCUT2D eigenvalue weighted by Crippen LogP contribution is 2.35. The molecule has 2 aliphatic rings. The Kier molecular flexibility index (Phi) is 7.70. The molecule has 1 N–H and O–H groups in total. The molecule has 0 saturated carbocycles. The summed E-state index contributed by atoms with van der Waals surface area (Å²) in [6.07, 6.45) is 5.14. The van der Waals surface area contributed by atoms with Crippen molar-refractivity contribution in [2.75, 3.05) is 42.2 Å².